The number of aromatic nitrogens is 2. The highest BCUT2D eigenvalue weighted by molar-refractivity contribution is 7.61. The maximum absolute atomic E-state index is 12.8. The van der Waals surface area contributed by atoms with Crippen LogP contribution in [0.1, 0.15) is 182 Å². The Morgan fingerprint density at radius 3 is 1.67 bits per heavy atom. The van der Waals surface area contributed by atoms with Crippen LogP contribution in [0.25, 0.3) is 0 Å². The Morgan fingerprint density at radius 1 is 0.714 bits per heavy atom. The van der Waals surface area contributed by atoms with Gasteiger partial charge in [0.1, 0.15) is 30.7 Å². The van der Waals surface area contributed by atoms with Gasteiger partial charge in [-0.1, -0.05) is 150 Å². The number of nitrogen functional groups attached to an aromatic ring is 1. The second kappa shape index (κ2) is 31.6. The minimum atomic E-state index is -5.41. The van der Waals surface area contributed by atoms with Crippen LogP contribution in [0.15, 0.2) is 17.1 Å². The molecule has 366 valence electrons. The zero-order valence-electron chi connectivity index (χ0n) is 38.2. The van der Waals surface area contributed by atoms with E-state index in [0.29, 0.717) is 18.8 Å². The lowest BCUT2D eigenvalue weighted by atomic mass is 10.0. The Hall–Kier alpha value is -2.24. The molecule has 6 N–H and O–H groups in total. The fourth-order valence-corrected chi connectivity index (χ4v) is 9.26. The summed E-state index contributed by atoms with van der Waals surface area (Å²) in [4.78, 5) is 61.6. The number of esters is 2. The first-order valence-electron chi connectivity index (χ1n) is 23.3. The number of hydrogen-bond acceptors (Lipinski definition) is 15. The van der Waals surface area contributed by atoms with E-state index < -0.39 is 83.7 Å². The SMILES string of the molecule is CC(C)CCCCCCCCCCCCCCC(=O)OC[C@H](COP(=O)(O)OP(=O)(O)OC[C@H]1O[C@@H](n2ccc(N)nc2=O)C(O)[C@H]1O)OC(=O)CCCCCCCCCC(C)C. The Kier molecular flexibility index (Phi) is 28.6. The molecule has 1 saturated heterocycles. The van der Waals surface area contributed by atoms with Crippen LogP contribution in [-0.2, 0) is 46.3 Å². The maximum Gasteiger partial charge on any atom is 0.481 e. The van der Waals surface area contributed by atoms with Crippen molar-refractivity contribution >= 4 is 33.4 Å². The number of anilines is 1. The molecule has 2 rings (SSSR count). The van der Waals surface area contributed by atoms with Crippen molar-refractivity contribution in [2.75, 3.05) is 25.6 Å². The Labute approximate surface area is 374 Å². The number of aliphatic hydroxyl groups excluding tert-OH is 2. The predicted octanol–water partition coefficient (Wildman–Crippen LogP) is 8.43. The molecular weight excluding hydrogens is 860 g/mol. The van der Waals surface area contributed by atoms with E-state index in [-0.39, 0.29) is 18.7 Å². The molecule has 63 heavy (non-hydrogen) atoms. The molecule has 20 heteroatoms. The fourth-order valence-electron chi connectivity index (χ4n) is 7.15. The average molecular weight is 940 g/mol. The van der Waals surface area contributed by atoms with Gasteiger partial charge in [0.05, 0.1) is 13.2 Å². The van der Waals surface area contributed by atoms with E-state index in [9.17, 15) is 43.5 Å². The standard InChI is InChI=1S/C43H79N3O15P2/c1-33(2)24-20-16-12-9-7-5-6-8-10-14-18-22-26-38(47)56-30-35(59-39(48)27-23-19-15-11-13-17-21-25-34(3)4)31-57-62(52,53)61-63(54,55)58-32-36-40(49)41(50)42(60-36)46-29-28-37(44)45-43(46)51/h28-29,33-36,40-42,49-50H,5-27,30-32H2,1-4H3,(H,52,53)(H,54,55)(H2,44,45,51)/t35-,36-,40+,41?,42-/m1/s1. The first-order chi connectivity index (χ1) is 29.9. The number of carbonyl (C=O) groups excluding carboxylic acids is 2. The molecule has 0 aromatic carbocycles. The molecule has 7 atom stereocenters. The van der Waals surface area contributed by atoms with Crippen molar-refractivity contribution in [3.05, 3.63) is 22.7 Å². The third kappa shape index (κ3) is 26.5. The molecule has 1 aromatic rings. The van der Waals surface area contributed by atoms with E-state index >= 15 is 0 Å². The molecule has 1 fully saturated rings. The summed E-state index contributed by atoms with van der Waals surface area (Å²) >= 11 is 0. The molecule has 1 aliphatic rings. The van der Waals surface area contributed by atoms with Crippen LogP contribution in [0.5, 0.6) is 0 Å². The van der Waals surface area contributed by atoms with Crippen LogP contribution < -0.4 is 11.4 Å². The number of ether oxygens (including phenoxy) is 3. The van der Waals surface area contributed by atoms with Crippen molar-refractivity contribution in [2.24, 2.45) is 11.8 Å². The van der Waals surface area contributed by atoms with E-state index in [1.807, 2.05) is 0 Å². The summed E-state index contributed by atoms with van der Waals surface area (Å²) in [6.07, 6.45) is 16.7. The van der Waals surface area contributed by atoms with E-state index in [4.69, 9.17) is 29.0 Å². The molecule has 2 heterocycles. The number of aliphatic hydroxyl groups is 2. The van der Waals surface area contributed by atoms with Crippen LogP contribution in [-0.4, -0.2) is 85.7 Å². The Bertz CT molecular complexity index is 1580. The minimum absolute atomic E-state index is 0.0529. The summed E-state index contributed by atoms with van der Waals surface area (Å²) in [6, 6.07) is 1.25. The third-order valence-corrected chi connectivity index (χ3v) is 13.4. The van der Waals surface area contributed by atoms with Crippen LogP contribution in [0.4, 0.5) is 5.82 Å². The molecule has 18 nitrogen and oxygen atoms in total. The number of carbonyl (C=O) groups is 2. The number of rotatable bonds is 37. The first kappa shape index (κ1) is 56.9. The van der Waals surface area contributed by atoms with Gasteiger partial charge in [-0.3, -0.25) is 23.2 Å². The van der Waals surface area contributed by atoms with Crippen molar-refractivity contribution < 1.29 is 66.3 Å². The summed E-state index contributed by atoms with van der Waals surface area (Å²) in [5.41, 5.74) is 4.58. The highest BCUT2D eigenvalue weighted by Gasteiger charge is 2.46. The monoisotopic (exact) mass is 939 g/mol. The normalized spacial score (nSPS) is 20.2. The number of phosphoric ester groups is 2. The Balaban J connectivity index is 1.81. The Morgan fingerprint density at radius 2 is 1.17 bits per heavy atom. The molecule has 0 amide bonds. The van der Waals surface area contributed by atoms with Gasteiger partial charge in [-0.2, -0.15) is 9.29 Å². The van der Waals surface area contributed by atoms with Gasteiger partial charge >= 0.3 is 33.3 Å². The van der Waals surface area contributed by atoms with Gasteiger partial charge in [0.2, 0.25) is 0 Å². The minimum Gasteiger partial charge on any atom is -0.462 e. The van der Waals surface area contributed by atoms with E-state index in [1.54, 1.807) is 0 Å². The van der Waals surface area contributed by atoms with Crippen molar-refractivity contribution in [3.8, 4) is 0 Å². The van der Waals surface area contributed by atoms with E-state index in [0.717, 1.165) is 68.0 Å². The number of nitrogens with zero attached hydrogens (tertiary/aromatic N) is 2. The van der Waals surface area contributed by atoms with E-state index in [1.165, 1.54) is 76.7 Å². The number of nitrogens with two attached hydrogens (primary N) is 1. The van der Waals surface area contributed by atoms with Gasteiger partial charge in [0.25, 0.3) is 0 Å². The summed E-state index contributed by atoms with van der Waals surface area (Å²) in [5, 5.41) is 20.8. The number of hydrogen-bond donors (Lipinski definition) is 5. The van der Waals surface area contributed by atoms with Crippen molar-refractivity contribution in [1.82, 2.24) is 9.55 Å². The van der Waals surface area contributed by atoms with Gasteiger partial charge in [0.15, 0.2) is 12.3 Å². The molecule has 1 aliphatic heterocycles. The topological polar surface area (TPSA) is 265 Å². The molecule has 0 spiro atoms. The molecule has 0 bridgehead atoms. The summed E-state index contributed by atoms with van der Waals surface area (Å²) in [6.45, 7) is 6.67. The quantitative estimate of drug-likeness (QED) is 0.0238. The third-order valence-electron chi connectivity index (χ3n) is 10.8. The molecule has 3 unspecified atom stereocenters. The van der Waals surface area contributed by atoms with E-state index in [2.05, 4.69) is 37.0 Å². The zero-order chi connectivity index (χ0) is 46.7. The van der Waals surface area contributed by atoms with Crippen LogP contribution in [0, 0.1) is 11.8 Å². The molecular formula is C43H79N3O15P2. The molecule has 0 aliphatic carbocycles. The zero-order valence-corrected chi connectivity index (χ0v) is 40.0. The van der Waals surface area contributed by atoms with Crippen molar-refractivity contribution in [3.63, 3.8) is 0 Å². The maximum atomic E-state index is 12.8. The van der Waals surface area contributed by atoms with Crippen LogP contribution in [0.2, 0.25) is 0 Å². The average Bonchev–Trinajstić information content (AvgIpc) is 3.48. The van der Waals surface area contributed by atoms with Crippen molar-refractivity contribution in [1.29, 1.82) is 0 Å². The lowest BCUT2D eigenvalue weighted by molar-refractivity contribution is -0.161. The van der Waals surface area contributed by atoms with Crippen LogP contribution in [0.3, 0.4) is 0 Å². The molecule has 1 aromatic heterocycles. The van der Waals surface area contributed by atoms with Crippen molar-refractivity contribution in [2.45, 2.75) is 206 Å². The molecule has 0 radical (unpaired) electrons. The van der Waals surface area contributed by atoms with Gasteiger partial charge in [-0.25, -0.2) is 13.9 Å². The lowest BCUT2D eigenvalue weighted by Crippen LogP contribution is -2.36. The summed E-state index contributed by atoms with van der Waals surface area (Å²) in [7, 11) is -10.8. The van der Waals surface area contributed by atoms with Gasteiger partial charge in [-0.15, -0.1) is 0 Å². The van der Waals surface area contributed by atoms with Gasteiger partial charge in [0, 0.05) is 19.0 Å². The highest BCUT2D eigenvalue weighted by atomic mass is 31.3. The number of unbranched alkanes of at least 4 members (excludes halogenated alkanes) is 17. The fraction of sp³-hybridized carbons (Fsp3) is 0.860. The van der Waals surface area contributed by atoms with Gasteiger partial charge in [-0.05, 0) is 30.7 Å². The first-order valence-corrected chi connectivity index (χ1v) is 26.3. The largest absolute Gasteiger partial charge is 0.481 e. The second-order valence-corrected chi connectivity index (χ2v) is 20.6. The number of phosphoric acid groups is 2. The van der Waals surface area contributed by atoms with Gasteiger partial charge < -0.3 is 39.9 Å². The lowest BCUT2D eigenvalue weighted by Gasteiger charge is -2.21. The summed E-state index contributed by atoms with van der Waals surface area (Å²) < 4.78 is 56.6. The highest BCUT2D eigenvalue weighted by Crippen LogP contribution is 2.60. The smallest absolute Gasteiger partial charge is 0.462 e. The van der Waals surface area contributed by atoms with Crippen LogP contribution >= 0.6 is 15.6 Å². The summed E-state index contributed by atoms with van der Waals surface area (Å²) in [5.74, 6) is 0.181. The predicted molar refractivity (Wildman–Crippen MR) is 238 cm³/mol. The molecule has 0 saturated carbocycles. The second-order valence-electron chi connectivity index (χ2n) is 17.6.